The fourth-order valence-electron chi connectivity index (χ4n) is 2.27. The maximum absolute atomic E-state index is 11.4. The molecule has 1 aromatic rings. The Bertz CT molecular complexity index is 909. The molecule has 27 heavy (non-hydrogen) atoms. The van der Waals surface area contributed by atoms with Crippen LogP contribution in [0.5, 0.6) is 11.5 Å². The van der Waals surface area contributed by atoms with Crippen LogP contribution in [0.2, 0.25) is 0 Å². The minimum Gasteiger partial charge on any atom is -0.507 e. The van der Waals surface area contributed by atoms with E-state index in [4.69, 9.17) is 19.7 Å². The van der Waals surface area contributed by atoms with Gasteiger partial charge in [0.1, 0.15) is 34.3 Å². The molecule has 3 N–H and O–H groups in total. The van der Waals surface area contributed by atoms with Gasteiger partial charge in [-0.25, -0.2) is 13.2 Å². The van der Waals surface area contributed by atoms with Crippen LogP contribution in [0.4, 0.5) is 0 Å². The summed E-state index contributed by atoms with van der Waals surface area (Å²) in [6.07, 6.45) is 5.38. The Labute approximate surface area is 156 Å². The van der Waals surface area contributed by atoms with E-state index in [2.05, 4.69) is 0 Å². The topological polar surface area (TPSA) is 130 Å². The molecule has 0 spiro atoms. The summed E-state index contributed by atoms with van der Waals surface area (Å²) in [6.45, 7) is 2.51. The summed E-state index contributed by atoms with van der Waals surface area (Å²) < 4.78 is 33.1. The minimum atomic E-state index is -3.25. The highest BCUT2D eigenvalue weighted by atomic mass is 32.2. The van der Waals surface area contributed by atoms with E-state index in [1.165, 1.54) is 36.4 Å². The first-order valence-corrected chi connectivity index (χ1v) is 9.61. The molecular weight excluding hydrogens is 376 g/mol. The molecule has 0 fully saturated rings. The molecule has 0 atom stereocenters. The number of carboxylic acid groups (broad SMARTS) is 1. The number of allylic oxidation sites excluding steroid dienone is 3. The van der Waals surface area contributed by atoms with Crippen molar-refractivity contribution in [3.8, 4) is 11.5 Å². The number of carboxylic acids is 1. The van der Waals surface area contributed by atoms with Crippen molar-refractivity contribution in [3.05, 3.63) is 57.6 Å². The molecule has 3 rings (SSSR count). The van der Waals surface area contributed by atoms with Crippen molar-refractivity contribution in [1.82, 2.24) is 0 Å². The molecule has 0 aliphatic carbocycles. The quantitative estimate of drug-likeness (QED) is 0.638. The molecule has 2 heterocycles. The van der Waals surface area contributed by atoms with Gasteiger partial charge in [-0.2, -0.15) is 0 Å². The standard InChI is InChI=1S/C10H12O4.C8H8O4S/c1-2-5-14-7-3-4-8(10(12)13)9(11)6-7;9-3-4-12-7-5-6-1-2-8(7)13(6,10)11/h3-4,6,11H,2,5H2,1H3,(H,12,13);1-2,5,9H,3-4H2. The lowest BCUT2D eigenvalue weighted by Crippen LogP contribution is -2.00. The molecule has 0 saturated heterocycles. The second-order valence-electron chi connectivity index (χ2n) is 5.52. The van der Waals surface area contributed by atoms with Gasteiger partial charge >= 0.3 is 5.97 Å². The van der Waals surface area contributed by atoms with E-state index in [-0.39, 0.29) is 34.3 Å². The highest BCUT2D eigenvalue weighted by Gasteiger charge is 2.34. The predicted molar refractivity (Wildman–Crippen MR) is 97.1 cm³/mol. The van der Waals surface area contributed by atoms with Crippen molar-refractivity contribution in [2.45, 2.75) is 13.3 Å². The zero-order valence-corrected chi connectivity index (χ0v) is 15.4. The largest absolute Gasteiger partial charge is 0.507 e. The number of hydrogen-bond acceptors (Lipinski definition) is 7. The number of fused-ring (bicyclic) bond motifs is 2. The van der Waals surface area contributed by atoms with E-state index in [0.717, 1.165) is 6.42 Å². The molecule has 0 radical (unpaired) electrons. The summed E-state index contributed by atoms with van der Waals surface area (Å²) in [5, 5.41) is 26.4. The van der Waals surface area contributed by atoms with Crippen molar-refractivity contribution >= 4 is 15.8 Å². The normalized spacial score (nSPS) is 15.9. The summed E-state index contributed by atoms with van der Waals surface area (Å²) in [5.41, 5.74) is -0.117. The van der Waals surface area contributed by atoms with Crippen molar-refractivity contribution < 1.29 is 38.0 Å². The third-order valence-corrected chi connectivity index (χ3v) is 5.33. The summed E-state index contributed by atoms with van der Waals surface area (Å²) in [4.78, 5) is 11.0. The number of rotatable bonds is 7. The number of phenols is 1. The van der Waals surface area contributed by atoms with Crippen molar-refractivity contribution in [2.75, 3.05) is 19.8 Å². The van der Waals surface area contributed by atoms with Crippen molar-refractivity contribution in [2.24, 2.45) is 0 Å². The monoisotopic (exact) mass is 396 g/mol. The van der Waals surface area contributed by atoms with Gasteiger partial charge in [0.15, 0.2) is 0 Å². The third-order valence-electron chi connectivity index (χ3n) is 3.54. The number of aliphatic hydroxyl groups excluding tert-OH is 1. The number of ether oxygens (including phenoxy) is 2. The van der Waals surface area contributed by atoms with Gasteiger partial charge in [-0.3, -0.25) is 0 Å². The zero-order valence-electron chi connectivity index (χ0n) is 14.6. The summed E-state index contributed by atoms with van der Waals surface area (Å²) in [5.74, 6) is -0.600. The van der Waals surface area contributed by atoms with Crippen LogP contribution in [-0.2, 0) is 14.6 Å². The Hall–Kier alpha value is -2.78. The molecule has 9 heteroatoms. The fraction of sp³-hybridized carbons (Fsp3) is 0.278. The smallest absolute Gasteiger partial charge is 0.339 e. The second kappa shape index (κ2) is 8.74. The molecule has 0 aromatic heterocycles. The molecule has 0 saturated carbocycles. The molecule has 2 bridgehead atoms. The van der Waals surface area contributed by atoms with E-state index < -0.39 is 15.8 Å². The average molecular weight is 396 g/mol. The van der Waals surface area contributed by atoms with Gasteiger partial charge < -0.3 is 24.8 Å². The minimum absolute atomic E-state index is 0.117. The second-order valence-corrected chi connectivity index (χ2v) is 7.43. The fourth-order valence-corrected chi connectivity index (χ4v) is 3.67. The van der Waals surface area contributed by atoms with Gasteiger partial charge in [0, 0.05) is 12.1 Å². The van der Waals surface area contributed by atoms with Crippen LogP contribution in [0, 0.1) is 0 Å². The Morgan fingerprint density at radius 1 is 1.15 bits per heavy atom. The van der Waals surface area contributed by atoms with Crippen LogP contribution >= 0.6 is 0 Å². The van der Waals surface area contributed by atoms with Crippen LogP contribution in [0.3, 0.4) is 0 Å². The predicted octanol–water partition coefficient (Wildman–Crippen LogP) is 1.97. The molecule has 1 aromatic carbocycles. The number of carbonyl (C=O) groups is 1. The van der Waals surface area contributed by atoms with E-state index in [1.807, 2.05) is 6.92 Å². The number of hydrogen-bond donors (Lipinski definition) is 3. The first kappa shape index (κ1) is 20.5. The summed E-state index contributed by atoms with van der Waals surface area (Å²) in [7, 11) is -3.25. The van der Waals surface area contributed by atoms with Crippen molar-refractivity contribution in [1.29, 1.82) is 0 Å². The van der Waals surface area contributed by atoms with E-state index in [9.17, 15) is 18.3 Å². The SMILES string of the molecule is CCCOc1ccc(C(=O)O)c(O)c1.O=S1(=O)C2=CC(OCCO)=C1C=C2. The Morgan fingerprint density at radius 2 is 1.89 bits per heavy atom. The third kappa shape index (κ3) is 4.69. The zero-order chi connectivity index (χ0) is 20.0. The molecular formula is C18H20O8S. The van der Waals surface area contributed by atoms with Crippen LogP contribution in [0.15, 0.2) is 52.0 Å². The first-order chi connectivity index (χ1) is 12.8. The highest BCUT2D eigenvalue weighted by molar-refractivity contribution is 8.00. The Balaban J connectivity index is 0.000000194. The molecule has 8 nitrogen and oxygen atoms in total. The van der Waals surface area contributed by atoms with E-state index >= 15 is 0 Å². The van der Waals surface area contributed by atoms with Gasteiger partial charge in [-0.05, 0) is 30.7 Å². The molecule has 146 valence electrons. The Kier molecular flexibility index (Phi) is 6.65. The molecule has 0 amide bonds. The van der Waals surface area contributed by atoms with Crippen LogP contribution in [-0.4, -0.2) is 49.5 Å². The summed E-state index contributed by atoms with van der Waals surface area (Å²) in [6, 6.07) is 4.15. The van der Waals surface area contributed by atoms with Gasteiger partial charge in [-0.15, -0.1) is 0 Å². The van der Waals surface area contributed by atoms with Gasteiger partial charge in [0.05, 0.1) is 18.1 Å². The number of aliphatic hydroxyl groups is 1. The maximum Gasteiger partial charge on any atom is 0.339 e. The number of aromatic hydroxyl groups is 1. The molecule has 2 aliphatic heterocycles. The van der Waals surface area contributed by atoms with Gasteiger partial charge in [0.2, 0.25) is 9.84 Å². The average Bonchev–Trinajstić information content (AvgIpc) is 3.05. The molecule has 0 unspecified atom stereocenters. The Morgan fingerprint density at radius 3 is 2.37 bits per heavy atom. The van der Waals surface area contributed by atoms with E-state index in [1.54, 1.807) is 0 Å². The lowest BCUT2D eigenvalue weighted by molar-refractivity contribution is 0.0693. The van der Waals surface area contributed by atoms with Crippen molar-refractivity contribution in [3.63, 3.8) is 0 Å². The van der Waals surface area contributed by atoms with Gasteiger partial charge in [0.25, 0.3) is 0 Å². The number of aromatic carboxylic acids is 1. The highest BCUT2D eigenvalue weighted by Crippen LogP contribution is 2.37. The maximum atomic E-state index is 11.4. The number of sulfone groups is 1. The lowest BCUT2D eigenvalue weighted by Gasteiger charge is -2.05. The van der Waals surface area contributed by atoms with E-state index in [0.29, 0.717) is 18.1 Å². The van der Waals surface area contributed by atoms with Crippen LogP contribution < -0.4 is 4.74 Å². The van der Waals surface area contributed by atoms with Gasteiger partial charge in [-0.1, -0.05) is 6.92 Å². The lowest BCUT2D eigenvalue weighted by atomic mass is 10.2. The molecule has 2 aliphatic rings. The summed E-state index contributed by atoms with van der Waals surface area (Å²) >= 11 is 0. The van der Waals surface area contributed by atoms with Crippen LogP contribution in [0.1, 0.15) is 23.7 Å². The first-order valence-electron chi connectivity index (χ1n) is 8.13. The number of benzene rings is 1. The van der Waals surface area contributed by atoms with Crippen LogP contribution in [0.25, 0.3) is 0 Å².